The first-order valence-corrected chi connectivity index (χ1v) is 6.06. The van der Waals surface area contributed by atoms with Gasteiger partial charge in [0.1, 0.15) is 18.1 Å². The number of hydrogen-bond donors (Lipinski definition) is 1. The average molecular weight is 267 g/mol. The Bertz CT molecular complexity index is 686. The molecule has 2 aromatic rings. The lowest BCUT2D eigenvalue weighted by Crippen LogP contribution is -1.99. The molecule has 0 radical (unpaired) electrons. The molecule has 0 aliphatic carbocycles. The minimum absolute atomic E-state index is 0.108. The van der Waals surface area contributed by atoms with Crippen molar-refractivity contribution in [3.63, 3.8) is 0 Å². The van der Waals surface area contributed by atoms with Crippen LogP contribution in [0.3, 0.4) is 0 Å². The second-order valence-corrected chi connectivity index (χ2v) is 4.29. The maximum atomic E-state index is 11.2. The molecule has 0 bridgehead atoms. The van der Waals surface area contributed by atoms with Gasteiger partial charge >= 0.3 is 0 Å². The second kappa shape index (κ2) is 5.89. The Morgan fingerprint density at radius 2 is 2.05 bits per heavy atom. The molecule has 0 saturated carbocycles. The molecule has 0 aliphatic rings. The third-order valence-electron chi connectivity index (χ3n) is 2.88. The van der Waals surface area contributed by atoms with Gasteiger partial charge in [0, 0.05) is 11.6 Å². The van der Waals surface area contributed by atoms with Gasteiger partial charge in [-0.25, -0.2) is 0 Å². The van der Waals surface area contributed by atoms with Crippen molar-refractivity contribution in [2.75, 3.05) is 0 Å². The second-order valence-electron chi connectivity index (χ2n) is 4.29. The topological polar surface area (TPSA) is 70.3 Å². The van der Waals surface area contributed by atoms with Crippen molar-refractivity contribution >= 4 is 5.78 Å². The van der Waals surface area contributed by atoms with Gasteiger partial charge in [-0.3, -0.25) is 4.79 Å². The lowest BCUT2D eigenvalue weighted by atomic mass is 10.1. The first-order valence-electron chi connectivity index (χ1n) is 6.06. The molecule has 0 spiro atoms. The summed E-state index contributed by atoms with van der Waals surface area (Å²) in [4.78, 5) is 11.2. The zero-order valence-electron chi connectivity index (χ0n) is 11.0. The third kappa shape index (κ3) is 2.96. The normalized spacial score (nSPS) is 9.80. The maximum Gasteiger partial charge on any atom is 0.163 e. The molecule has 4 nitrogen and oxygen atoms in total. The number of phenolic OH excluding ortho intramolecular Hbond substituents is 1. The number of carbonyl (C=O) groups excluding carboxylic acids is 1. The van der Waals surface area contributed by atoms with Gasteiger partial charge in [-0.05, 0) is 25.1 Å². The number of benzene rings is 2. The van der Waals surface area contributed by atoms with Crippen molar-refractivity contribution < 1.29 is 14.6 Å². The molecule has 0 aliphatic heterocycles. The number of hydrogen-bond acceptors (Lipinski definition) is 4. The molecule has 100 valence electrons. The summed E-state index contributed by atoms with van der Waals surface area (Å²) in [6.07, 6.45) is 0. The quantitative estimate of drug-likeness (QED) is 0.864. The van der Waals surface area contributed by atoms with Crippen molar-refractivity contribution in [2.45, 2.75) is 13.5 Å². The summed E-state index contributed by atoms with van der Waals surface area (Å²) in [5, 5.41) is 18.7. The molecule has 20 heavy (non-hydrogen) atoms. The first kappa shape index (κ1) is 13.6. The molecule has 0 unspecified atom stereocenters. The van der Waals surface area contributed by atoms with E-state index in [2.05, 4.69) is 6.07 Å². The van der Waals surface area contributed by atoms with E-state index in [0.29, 0.717) is 11.3 Å². The van der Waals surface area contributed by atoms with Crippen LogP contribution in [0.4, 0.5) is 0 Å². The summed E-state index contributed by atoms with van der Waals surface area (Å²) in [6.45, 7) is 1.61. The van der Waals surface area contributed by atoms with Crippen LogP contribution in [-0.2, 0) is 6.61 Å². The molecule has 0 saturated heterocycles. The van der Waals surface area contributed by atoms with Crippen LogP contribution in [0.2, 0.25) is 0 Å². The largest absolute Gasteiger partial charge is 0.507 e. The molecular weight excluding hydrogens is 254 g/mol. The first-order chi connectivity index (χ1) is 9.61. The minimum Gasteiger partial charge on any atom is -0.507 e. The number of ether oxygens (including phenoxy) is 1. The summed E-state index contributed by atoms with van der Waals surface area (Å²) in [5.74, 6) is 0.132. The van der Waals surface area contributed by atoms with Crippen molar-refractivity contribution in [3.05, 3.63) is 59.2 Å². The monoisotopic (exact) mass is 267 g/mol. The molecule has 0 fully saturated rings. The van der Waals surface area contributed by atoms with Gasteiger partial charge < -0.3 is 9.84 Å². The van der Waals surface area contributed by atoms with Gasteiger partial charge in [0.05, 0.1) is 17.2 Å². The molecule has 0 heterocycles. The van der Waals surface area contributed by atoms with E-state index in [1.165, 1.54) is 19.1 Å². The van der Waals surface area contributed by atoms with Crippen LogP contribution in [0.5, 0.6) is 11.5 Å². The van der Waals surface area contributed by atoms with Crippen molar-refractivity contribution in [2.24, 2.45) is 0 Å². The van der Waals surface area contributed by atoms with Gasteiger partial charge in [0.2, 0.25) is 0 Å². The van der Waals surface area contributed by atoms with Crippen molar-refractivity contribution in [1.82, 2.24) is 0 Å². The zero-order valence-corrected chi connectivity index (χ0v) is 11.0. The molecule has 2 rings (SSSR count). The van der Waals surface area contributed by atoms with Crippen molar-refractivity contribution in [1.29, 1.82) is 5.26 Å². The van der Waals surface area contributed by atoms with Crippen LogP contribution in [-0.4, -0.2) is 10.9 Å². The van der Waals surface area contributed by atoms with Gasteiger partial charge in [0.15, 0.2) is 5.78 Å². The minimum atomic E-state index is -0.205. The standard InChI is InChI=1S/C16H13NO3/c1-11(18)15-7-6-14(8-16(15)19)20-10-13-5-3-2-4-12(13)9-17/h2-8,19H,10H2,1H3. The third-order valence-corrected chi connectivity index (χ3v) is 2.88. The Kier molecular flexibility index (Phi) is 4.02. The lowest BCUT2D eigenvalue weighted by molar-refractivity contribution is 0.101. The number of nitrogens with zero attached hydrogens (tertiary/aromatic N) is 1. The Morgan fingerprint density at radius 3 is 2.70 bits per heavy atom. The van der Waals surface area contributed by atoms with Gasteiger partial charge in [0.25, 0.3) is 0 Å². The molecule has 0 atom stereocenters. The van der Waals surface area contributed by atoms with E-state index in [9.17, 15) is 9.90 Å². The highest BCUT2D eigenvalue weighted by atomic mass is 16.5. The fourth-order valence-electron chi connectivity index (χ4n) is 1.82. The van der Waals surface area contributed by atoms with E-state index in [-0.39, 0.29) is 23.7 Å². The molecule has 1 N–H and O–H groups in total. The van der Waals surface area contributed by atoms with E-state index in [1.54, 1.807) is 18.2 Å². The number of Topliss-reactive ketones (excluding diaryl/α,β-unsaturated/α-hetero) is 1. The Hall–Kier alpha value is -2.80. The van der Waals surface area contributed by atoms with Crippen molar-refractivity contribution in [3.8, 4) is 17.6 Å². The summed E-state index contributed by atoms with van der Waals surface area (Å²) in [5.41, 5.74) is 1.58. The highest BCUT2D eigenvalue weighted by Crippen LogP contribution is 2.24. The van der Waals surface area contributed by atoms with E-state index in [4.69, 9.17) is 10.00 Å². The fraction of sp³-hybridized carbons (Fsp3) is 0.125. The van der Waals surface area contributed by atoms with Gasteiger partial charge in [-0.1, -0.05) is 18.2 Å². The number of aromatic hydroxyl groups is 1. The number of nitriles is 1. The number of carbonyl (C=O) groups is 1. The fourth-order valence-corrected chi connectivity index (χ4v) is 1.82. The van der Waals surface area contributed by atoms with Crippen LogP contribution in [0.25, 0.3) is 0 Å². The molecule has 0 amide bonds. The van der Waals surface area contributed by atoms with E-state index >= 15 is 0 Å². The highest BCUT2D eigenvalue weighted by Gasteiger charge is 2.08. The van der Waals surface area contributed by atoms with Crippen LogP contribution in [0.15, 0.2) is 42.5 Å². The summed E-state index contributed by atoms with van der Waals surface area (Å²) in [7, 11) is 0. The number of ketones is 1. The number of rotatable bonds is 4. The van der Waals surface area contributed by atoms with Gasteiger partial charge in [-0.15, -0.1) is 0 Å². The lowest BCUT2D eigenvalue weighted by Gasteiger charge is -2.09. The maximum absolute atomic E-state index is 11.2. The molecule has 2 aromatic carbocycles. The predicted molar refractivity (Wildman–Crippen MR) is 73.6 cm³/mol. The Labute approximate surface area is 116 Å². The van der Waals surface area contributed by atoms with Gasteiger partial charge in [-0.2, -0.15) is 5.26 Å². The highest BCUT2D eigenvalue weighted by molar-refractivity contribution is 5.96. The van der Waals surface area contributed by atoms with E-state index in [0.717, 1.165) is 5.56 Å². The van der Waals surface area contributed by atoms with Crippen LogP contribution < -0.4 is 4.74 Å². The SMILES string of the molecule is CC(=O)c1ccc(OCc2ccccc2C#N)cc1O. The van der Waals surface area contributed by atoms with Crippen LogP contribution in [0.1, 0.15) is 28.4 Å². The zero-order chi connectivity index (χ0) is 14.5. The predicted octanol–water partition coefficient (Wildman–Crippen LogP) is 3.05. The number of phenols is 1. The molecule has 4 heteroatoms. The summed E-state index contributed by atoms with van der Waals surface area (Å²) < 4.78 is 5.53. The average Bonchev–Trinajstić information content (AvgIpc) is 2.45. The molecule has 0 aromatic heterocycles. The van der Waals surface area contributed by atoms with Crippen LogP contribution >= 0.6 is 0 Å². The van der Waals surface area contributed by atoms with Crippen LogP contribution in [0, 0.1) is 11.3 Å². The summed E-state index contributed by atoms with van der Waals surface area (Å²) >= 11 is 0. The smallest absolute Gasteiger partial charge is 0.163 e. The Balaban J connectivity index is 2.14. The van der Waals surface area contributed by atoms with E-state index in [1.807, 2.05) is 12.1 Å². The van der Waals surface area contributed by atoms with E-state index < -0.39 is 0 Å². The molecular formula is C16H13NO3. The Morgan fingerprint density at radius 1 is 1.30 bits per heavy atom. The summed E-state index contributed by atoms with van der Waals surface area (Å²) in [6, 6.07) is 13.8.